The quantitative estimate of drug-likeness (QED) is 0.600. The van der Waals surface area contributed by atoms with Gasteiger partial charge in [-0.25, -0.2) is 0 Å². The highest BCUT2D eigenvalue weighted by Crippen LogP contribution is 2.28. The minimum absolute atomic E-state index is 0.502. The molecule has 0 spiro atoms. The molecule has 0 bridgehead atoms. The second kappa shape index (κ2) is 5.67. The molecular formula is C14H15NO3. The minimum Gasteiger partial charge on any atom is -0.454 e. The second-order valence-corrected chi connectivity index (χ2v) is 3.64. The van der Waals surface area contributed by atoms with Crippen molar-refractivity contribution in [3.05, 3.63) is 29.8 Å². The first kappa shape index (κ1) is 12.6. The topological polar surface area (TPSA) is 44.5 Å². The van der Waals surface area contributed by atoms with E-state index in [1.807, 2.05) is 19.9 Å². The van der Waals surface area contributed by atoms with Crippen molar-refractivity contribution < 1.29 is 13.9 Å². The third kappa shape index (κ3) is 2.37. The zero-order chi connectivity index (χ0) is 13.0. The summed E-state index contributed by atoms with van der Waals surface area (Å²) in [6.07, 6.45) is 8.21. The van der Waals surface area contributed by atoms with Crippen LogP contribution in [0.1, 0.15) is 31.5 Å². The zero-order valence-electron chi connectivity index (χ0n) is 10.5. The van der Waals surface area contributed by atoms with Crippen LogP contribution in [-0.2, 0) is 9.47 Å². The fourth-order valence-electron chi connectivity index (χ4n) is 1.72. The molecule has 0 aliphatic carbocycles. The summed E-state index contributed by atoms with van der Waals surface area (Å²) >= 11 is 0. The number of hydrogen-bond acceptors (Lipinski definition) is 4. The summed E-state index contributed by atoms with van der Waals surface area (Å²) in [7, 11) is 0. The smallest absolute Gasteiger partial charge is 0.217 e. The Labute approximate surface area is 106 Å². The molecule has 0 aromatic carbocycles. The van der Waals surface area contributed by atoms with E-state index in [1.165, 1.54) is 0 Å². The van der Waals surface area contributed by atoms with Crippen LogP contribution in [0.4, 0.5) is 0 Å². The average Bonchev–Trinajstić information content (AvgIpc) is 2.82. The Bertz CT molecular complexity index is 562. The maximum atomic E-state index is 5.72. The van der Waals surface area contributed by atoms with Crippen LogP contribution in [0.25, 0.3) is 11.0 Å². The summed E-state index contributed by atoms with van der Waals surface area (Å²) in [5.41, 5.74) is 1.28. The molecule has 0 N–H and O–H groups in total. The highest BCUT2D eigenvalue weighted by atomic mass is 16.7. The molecule has 0 radical (unpaired) electrons. The third-order valence-electron chi connectivity index (χ3n) is 2.47. The molecule has 2 heterocycles. The number of furan rings is 1. The number of nitrogens with zero attached hydrogens (tertiary/aromatic N) is 1. The van der Waals surface area contributed by atoms with Crippen LogP contribution in [0.2, 0.25) is 0 Å². The van der Waals surface area contributed by atoms with Gasteiger partial charge < -0.3 is 13.9 Å². The molecule has 0 saturated heterocycles. The molecule has 18 heavy (non-hydrogen) atoms. The van der Waals surface area contributed by atoms with Crippen molar-refractivity contribution in [2.45, 2.75) is 20.1 Å². The molecule has 0 saturated carbocycles. The Morgan fingerprint density at radius 2 is 2.06 bits per heavy atom. The number of aromatic nitrogens is 1. The molecular weight excluding hydrogens is 230 g/mol. The SMILES string of the molecule is C#Cc1cncc2cc(C(OCC)OCC)oc12. The number of fused-ring (bicyclic) bond motifs is 1. The lowest BCUT2D eigenvalue weighted by atomic mass is 10.2. The van der Waals surface area contributed by atoms with Gasteiger partial charge in [0.25, 0.3) is 0 Å². The maximum Gasteiger partial charge on any atom is 0.217 e. The lowest BCUT2D eigenvalue weighted by Gasteiger charge is -2.13. The minimum atomic E-state index is -0.502. The summed E-state index contributed by atoms with van der Waals surface area (Å²) in [6.45, 7) is 4.90. The van der Waals surface area contributed by atoms with Gasteiger partial charge >= 0.3 is 0 Å². The summed E-state index contributed by atoms with van der Waals surface area (Å²) < 4.78 is 16.7. The first-order valence-electron chi connectivity index (χ1n) is 5.87. The van der Waals surface area contributed by atoms with E-state index in [1.54, 1.807) is 12.4 Å². The Morgan fingerprint density at radius 1 is 1.33 bits per heavy atom. The summed E-state index contributed by atoms with van der Waals surface area (Å²) in [5.74, 6) is 3.16. The molecule has 94 valence electrons. The van der Waals surface area contributed by atoms with Gasteiger partial charge in [0.2, 0.25) is 6.29 Å². The van der Waals surface area contributed by atoms with E-state index >= 15 is 0 Å². The van der Waals surface area contributed by atoms with Crippen LogP contribution in [0.5, 0.6) is 0 Å². The van der Waals surface area contributed by atoms with Crippen LogP contribution in [-0.4, -0.2) is 18.2 Å². The van der Waals surface area contributed by atoms with Gasteiger partial charge in [-0.2, -0.15) is 0 Å². The molecule has 2 aromatic rings. The van der Waals surface area contributed by atoms with E-state index in [-0.39, 0.29) is 0 Å². The van der Waals surface area contributed by atoms with Crippen molar-refractivity contribution in [2.75, 3.05) is 13.2 Å². The van der Waals surface area contributed by atoms with Gasteiger partial charge in [-0.05, 0) is 19.9 Å². The van der Waals surface area contributed by atoms with Gasteiger partial charge in [-0.3, -0.25) is 4.98 Å². The number of ether oxygens (including phenoxy) is 2. The van der Waals surface area contributed by atoms with E-state index in [0.29, 0.717) is 30.1 Å². The van der Waals surface area contributed by atoms with Crippen LogP contribution >= 0.6 is 0 Å². The van der Waals surface area contributed by atoms with Gasteiger partial charge in [0, 0.05) is 31.0 Å². The Balaban J connectivity index is 2.42. The third-order valence-corrected chi connectivity index (χ3v) is 2.47. The number of hydrogen-bond donors (Lipinski definition) is 0. The number of terminal acetylenes is 1. The second-order valence-electron chi connectivity index (χ2n) is 3.64. The highest BCUT2D eigenvalue weighted by molar-refractivity contribution is 5.82. The Hall–Kier alpha value is -1.83. The van der Waals surface area contributed by atoms with Gasteiger partial charge in [-0.1, -0.05) is 5.92 Å². The maximum absolute atomic E-state index is 5.72. The first-order chi connectivity index (χ1) is 8.80. The molecule has 2 rings (SSSR count). The zero-order valence-corrected chi connectivity index (χ0v) is 10.5. The fraction of sp³-hybridized carbons (Fsp3) is 0.357. The first-order valence-corrected chi connectivity index (χ1v) is 5.87. The summed E-state index contributed by atoms with van der Waals surface area (Å²) in [5, 5.41) is 0.852. The van der Waals surface area contributed by atoms with Crippen molar-refractivity contribution in [2.24, 2.45) is 0 Å². The van der Waals surface area contributed by atoms with E-state index < -0.39 is 6.29 Å². The summed E-state index contributed by atoms with van der Waals surface area (Å²) in [4.78, 5) is 4.06. The van der Waals surface area contributed by atoms with Gasteiger partial charge in [-0.15, -0.1) is 6.42 Å². The normalized spacial score (nSPS) is 11.0. The molecule has 0 amide bonds. The van der Waals surface area contributed by atoms with E-state index in [0.717, 1.165) is 5.39 Å². The van der Waals surface area contributed by atoms with Crippen molar-refractivity contribution in [3.8, 4) is 12.3 Å². The molecule has 4 heteroatoms. The van der Waals surface area contributed by atoms with Crippen LogP contribution < -0.4 is 0 Å². The standard InChI is InChI=1S/C14H15NO3/c1-4-10-8-15-9-11-7-12(18-13(10)11)14(16-5-2)17-6-3/h1,7-9,14H,5-6H2,2-3H3. The highest BCUT2D eigenvalue weighted by Gasteiger charge is 2.17. The molecule has 0 fully saturated rings. The van der Waals surface area contributed by atoms with Crippen molar-refractivity contribution in [3.63, 3.8) is 0 Å². The monoisotopic (exact) mass is 245 g/mol. The van der Waals surface area contributed by atoms with E-state index in [4.69, 9.17) is 20.3 Å². The molecule has 0 aliphatic heterocycles. The van der Waals surface area contributed by atoms with Crippen LogP contribution in [0.15, 0.2) is 22.9 Å². The predicted octanol–water partition coefficient (Wildman–Crippen LogP) is 2.88. The van der Waals surface area contributed by atoms with Crippen molar-refractivity contribution >= 4 is 11.0 Å². The van der Waals surface area contributed by atoms with Crippen LogP contribution in [0, 0.1) is 12.3 Å². The number of rotatable bonds is 5. The average molecular weight is 245 g/mol. The largest absolute Gasteiger partial charge is 0.454 e. The van der Waals surface area contributed by atoms with Crippen molar-refractivity contribution in [1.82, 2.24) is 4.98 Å². The molecule has 0 aliphatic rings. The molecule has 0 unspecified atom stereocenters. The lowest BCUT2D eigenvalue weighted by molar-refractivity contribution is -0.150. The van der Waals surface area contributed by atoms with Gasteiger partial charge in [0.05, 0.1) is 5.56 Å². The Kier molecular flexibility index (Phi) is 3.98. The number of pyridine rings is 1. The lowest BCUT2D eigenvalue weighted by Crippen LogP contribution is -2.07. The van der Waals surface area contributed by atoms with Gasteiger partial charge in [0.1, 0.15) is 0 Å². The molecule has 0 atom stereocenters. The molecule has 2 aromatic heterocycles. The molecule has 4 nitrogen and oxygen atoms in total. The van der Waals surface area contributed by atoms with Gasteiger partial charge in [0.15, 0.2) is 11.3 Å². The fourth-order valence-corrected chi connectivity index (χ4v) is 1.72. The van der Waals surface area contributed by atoms with E-state index in [9.17, 15) is 0 Å². The summed E-state index contributed by atoms with van der Waals surface area (Å²) in [6, 6.07) is 1.85. The van der Waals surface area contributed by atoms with Crippen LogP contribution in [0.3, 0.4) is 0 Å². The van der Waals surface area contributed by atoms with Crippen molar-refractivity contribution in [1.29, 1.82) is 0 Å². The van der Waals surface area contributed by atoms with E-state index in [2.05, 4.69) is 10.9 Å². The Morgan fingerprint density at radius 3 is 2.67 bits per heavy atom. The predicted molar refractivity (Wildman–Crippen MR) is 67.9 cm³/mol.